The monoisotopic (exact) mass is 550 g/mol. The van der Waals surface area contributed by atoms with Crippen LogP contribution in [0.25, 0.3) is 5.57 Å². The molecule has 0 atom stereocenters. The minimum atomic E-state index is 0.852. The number of anilines is 2. The Morgan fingerprint density at radius 3 is 2.52 bits per heavy atom. The Kier molecular flexibility index (Phi) is 9.45. The van der Waals surface area contributed by atoms with E-state index < -0.39 is 0 Å². The Balaban J connectivity index is 1.61. The van der Waals surface area contributed by atoms with E-state index in [1.807, 2.05) is 11.8 Å². The van der Waals surface area contributed by atoms with Crippen LogP contribution in [-0.4, -0.2) is 55.1 Å². The molecule has 0 radical (unpaired) electrons. The van der Waals surface area contributed by atoms with Gasteiger partial charge in [-0.25, -0.2) is 0 Å². The van der Waals surface area contributed by atoms with Crippen molar-refractivity contribution in [2.45, 2.75) is 44.4 Å². The number of thioether (sulfide) groups is 1. The molecule has 0 N–H and O–H groups in total. The second-order valence-corrected chi connectivity index (χ2v) is 12.0. The highest BCUT2D eigenvalue weighted by atomic mass is 32.2. The summed E-state index contributed by atoms with van der Waals surface area (Å²) in [5.41, 5.74) is 7.73. The molecule has 0 aliphatic carbocycles. The van der Waals surface area contributed by atoms with E-state index in [-0.39, 0.29) is 0 Å². The third-order valence-electron chi connectivity index (χ3n) is 7.60. The average Bonchev–Trinajstić information content (AvgIpc) is 2.99. The summed E-state index contributed by atoms with van der Waals surface area (Å²) in [7, 11) is 4.31. The Hall–Kier alpha value is -3.28. The predicted molar refractivity (Wildman–Crippen MR) is 174 cm³/mol. The molecule has 2 aliphatic heterocycles. The number of benzene rings is 3. The van der Waals surface area contributed by atoms with Crippen LogP contribution in [0.2, 0.25) is 0 Å². The van der Waals surface area contributed by atoms with E-state index in [2.05, 4.69) is 128 Å². The summed E-state index contributed by atoms with van der Waals surface area (Å²) >= 11 is 1.81. The second kappa shape index (κ2) is 13.4. The highest BCUT2D eigenvalue weighted by Gasteiger charge is 2.27. The average molecular weight is 551 g/mol. The first-order valence-electron chi connectivity index (χ1n) is 14.6. The molecule has 0 unspecified atom stereocenters. The van der Waals surface area contributed by atoms with Crippen LogP contribution in [0, 0.1) is 6.92 Å². The molecule has 0 amide bonds. The zero-order chi connectivity index (χ0) is 27.9. The van der Waals surface area contributed by atoms with Gasteiger partial charge in [-0.15, -0.1) is 0 Å². The lowest BCUT2D eigenvalue weighted by molar-refractivity contribution is 0.304. The first-order chi connectivity index (χ1) is 19.5. The zero-order valence-electron chi connectivity index (χ0n) is 24.4. The number of para-hydroxylation sites is 2. The summed E-state index contributed by atoms with van der Waals surface area (Å²) in [6, 6.07) is 26.3. The highest BCUT2D eigenvalue weighted by molar-refractivity contribution is 8.14. The molecular weight excluding hydrogens is 508 g/mol. The summed E-state index contributed by atoms with van der Waals surface area (Å²) in [5.74, 6) is 1.24. The number of hydrogen-bond acceptors (Lipinski definition) is 5. The molecule has 208 valence electrons. The van der Waals surface area contributed by atoms with E-state index in [4.69, 9.17) is 4.99 Å². The Morgan fingerprint density at radius 1 is 0.925 bits per heavy atom. The normalized spacial score (nSPS) is 17.4. The third kappa shape index (κ3) is 6.54. The van der Waals surface area contributed by atoms with E-state index >= 15 is 0 Å². The van der Waals surface area contributed by atoms with Crippen molar-refractivity contribution in [1.29, 1.82) is 0 Å². The molecule has 2 bridgehead atoms. The second-order valence-electron chi connectivity index (χ2n) is 10.9. The number of hydrogen-bond donors (Lipinski definition) is 0. The lowest BCUT2D eigenvalue weighted by atomic mass is 9.97. The van der Waals surface area contributed by atoms with E-state index in [0.717, 1.165) is 56.9 Å². The van der Waals surface area contributed by atoms with Crippen molar-refractivity contribution < 1.29 is 0 Å². The summed E-state index contributed by atoms with van der Waals surface area (Å²) in [5, 5.41) is 1.09. The van der Waals surface area contributed by atoms with Crippen molar-refractivity contribution in [3.8, 4) is 0 Å². The lowest BCUT2D eigenvalue weighted by Crippen LogP contribution is -2.37. The van der Waals surface area contributed by atoms with Gasteiger partial charge in [-0.05, 0) is 106 Å². The van der Waals surface area contributed by atoms with Gasteiger partial charge in [0.1, 0.15) is 5.82 Å². The van der Waals surface area contributed by atoms with Gasteiger partial charge in [0, 0.05) is 35.8 Å². The summed E-state index contributed by atoms with van der Waals surface area (Å²) in [6.07, 6.45) is 9.11. The van der Waals surface area contributed by atoms with Crippen LogP contribution < -0.4 is 4.90 Å². The Bertz CT molecular complexity index is 1390. The predicted octanol–water partition coefficient (Wildman–Crippen LogP) is 8.17. The van der Waals surface area contributed by atoms with E-state index in [1.54, 1.807) is 0 Å². The van der Waals surface area contributed by atoms with Crippen LogP contribution in [-0.2, 0) is 6.42 Å². The topological polar surface area (TPSA) is 22.1 Å². The van der Waals surface area contributed by atoms with E-state index in [9.17, 15) is 0 Å². The number of fused-ring (bicyclic) bond motifs is 3. The first-order valence-corrected chi connectivity index (χ1v) is 15.4. The minimum absolute atomic E-state index is 0.852. The smallest absolute Gasteiger partial charge is 0.114 e. The number of rotatable bonds is 9. The van der Waals surface area contributed by atoms with Gasteiger partial charge >= 0.3 is 0 Å². The molecule has 0 aromatic heterocycles. The van der Waals surface area contributed by atoms with Crippen LogP contribution in [0.15, 0.2) is 101 Å². The maximum absolute atomic E-state index is 5.10. The maximum Gasteiger partial charge on any atom is 0.114 e. The Morgan fingerprint density at radius 2 is 1.73 bits per heavy atom. The largest absolute Gasteiger partial charge is 0.358 e. The molecule has 0 saturated heterocycles. The van der Waals surface area contributed by atoms with Crippen LogP contribution in [0.5, 0.6) is 0 Å². The van der Waals surface area contributed by atoms with Gasteiger partial charge in [-0.1, -0.05) is 67.2 Å². The number of nitrogens with zero attached hydrogens (tertiary/aromatic N) is 4. The van der Waals surface area contributed by atoms with Crippen molar-refractivity contribution in [3.05, 3.63) is 107 Å². The van der Waals surface area contributed by atoms with Gasteiger partial charge in [0.05, 0.1) is 10.7 Å². The summed E-state index contributed by atoms with van der Waals surface area (Å²) < 4.78 is 0. The summed E-state index contributed by atoms with van der Waals surface area (Å²) in [4.78, 5) is 13.7. The fraction of sp³-hybridized carbons (Fsp3) is 0.343. The van der Waals surface area contributed by atoms with Crippen molar-refractivity contribution in [1.82, 2.24) is 9.80 Å². The molecule has 4 nitrogen and oxygen atoms in total. The van der Waals surface area contributed by atoms with Crippen molar-refractivity contribution >= 4 is 33.8 Å². The molecule has 0 spiro atoms. The maximum atomic E-state index is 5.10. The van der Waals surface area contributed by atoms with Gasteiger partial charge in [0.2, 0.25) is 0 Å². The molecule has 0 saturated carbocycles. The third-order valence-corrected chi connectivity index (χ3v) is 8.71. The molecule has 3 aromatic rings. The zero-order valence-corrected chi connectivity index (χ0v) is 25.3. The van der Waals surface area contributed by atoms with Crippen molar-refractivity contribution in [2.75, 3.05) is 45.2 Å². The fourth-order valence-corrected chi connectivity index (χ4v) is 6.56. The molecule has 2 heterocycles. The SMILES string of the molecule is CCCN(CCCN(C)C)C1=C/C(=C\C2=N/CCCc3cccc(c3C)S2)c2ccccc2N1c1ccccc1. The van der Waals surface area contributed by atoms with Crippen molar-refractivity contribution in [2.24, 2.45) is 4.99 Å². The quantitative estimate of drug-likeness (QED) is 0.268. The molecule has 5 rings (SSSR count). The minimum Gasteiger partial charge on any atom is -0.358 e. The van der Waals surface area contributed by atoms with Crippen LogP contribution in [0.1, 0.15) is 42.9 Å². The molecule has 40 heavy (non-hydrogen) atoms. The van der Waals surface area contributed by atoms with E-state index in [0.29, 0.717) is 0 Å². The molecular formula is C35H42N4S. The van der Waals surface area contributed by atoms with Crippen molar-refractivity contribution in [3.63, 3.8) is 0 Å². The number of aryl methyl sites for hydroxylation is 1. The molecule has 5 heteroatoms. The van der Waals surface area contributed by atoms with Gasteiger partial charge in [-0.3, -0.25) is 9.89 Å². The first kappa shape index (κ1) is 28.3. The van der Waals surface area contributed by atoms with Crippen LogP contribution in [0.3, 0.4) is 0 Å². The Labute approximate surface area is 245 Å². The fourth-order valence-electron chi connectivity index (χ4n) is 5.56. The van der Waals surface area contributed by atoms with Gasteiger partial charge in [0.15, 0.2) is 0 Å². The lowest BCUT2D eigenvalue weighted by Gasteiger charge is -2.40. The standard InChI is InChI=1S/C35H42N4S/c1-5-22-38(24-13-23-37(3)4)35-26-29(25-34-36-21-12-15-28-14-11-20-33(40-34)27(28)2)31-18-9-10-19-32(31)39(35)30-16-7-6-8-17-30/h6-11,14,16-20,25-26H,5,12-13,15,21-24H2,1-4H3/b29-25+,36-34+. The molecule has 0 fully saturated rings. The summed E-state index contributed by atoms with van der Waals surface area (Å²) in [6.45, 7) is 8.49. The number of allylic oxidation sites excluding steroid dienone is 2. The number of aliphatic imine (C=N–C) groups is 1. The van der Waals surface area contributed by atoms with E-state index in [1.165, 1.54) is 44.4 Å². The highest BCUT2D eigenvalue weighted by Crippen LogP contribution is 2.42. The van der Waals surface area contributed by atoms with Gasteiger partial charge in [-0.2, -0.15) is 0 Å². The molecule has 2 aliphatic rings. The van der Waals surface area contributed by atoms with Crippen LogP contribution in [0.4, 0.5) is 11.4 Å². The van der Waals surface area contributed by atoms with Gasteiger partial charge < -0.3 is 9.80 Å². The van der Waals surface area contributed by atoms with Gasteiger partial charge in [0.25, 0.3) is 0 Å². The van der Waals surface area contributed by atoms with Crippen LogP contribution >= 0.6 is 11.8 Å². The molecule has 3 aromatic carbocycles.